The predicted octanol–water partition coefficient (Wildman–Crippen LogP) is 2.16. The van der Waals surface area contributed by atoms with Crippen LogP contribution in [0.1, 0.15) is 5.56 Å². The first-order valence-corrected chi connectivity index (χ1v) is 5.69. The number of anilines is 2. The van der Waals surface area contributed by atoms with Crippen LogP contribution in [0.5, 0.6) is 0 Å². The molecule has 4 nitrogen and oxygen atoms in total. The Hall–Kier alpha value is -2.14. The standard InChI is InChI=1S/C13H15FN4/c14-11-3-1-10(2-4-11)7-8-16-13-6-5-12(18-15)9-17-13/h1-6,9,18H,7-8,15H2,(H,16,17). The van der Waals surface area contributed by atoms with Crippen LogP contribution in [0.15, 0.2) is 42.6 Å². The summed E-state index contributed by atoms with van der Waals surface area (Å²) in [4.78, 5) is 4.18. The van der Waals surface area contributed by atoms with E-state index in [1.807, 2.05) is 12.1 Å². The zero-order chi connectivity index (χ0) is 12.8. The molecule has 0 aliphatic carbocycles. The Bertz CT molecular complexity index is 481. The molecule has 0 amide bonds. The van der Waals surface area contributed by atoms with Gasteiger partial charge in [0, 0.05) is 6.54 Å². The fourth-order valence-corrected chi connectivity index (χ4v) is 1.57. The minimum absolute atomic E-state index is 0.210. The lowest BCUT2D eigenvalue weighted by molar-refractivity contribution is 0.627. The van der Waals surface area contributed by atoms with Crippen LogP contribution in [0.3, 0.4) is 0 Å². The summed E-state index contributed by atoms with van der Waals surface area (Å²) in [6.45, 7) is 0.744. The third-order valence-corrected chi connectivity index (χ3v) is 2.56. The highest BCUT2D eigenvalue weighted by Gasteiger charge is 1.96. The van der Waals surface area contributed by atoms with Crippen molar-refractivity contribution in [3.05, 3.63) is 54.0 Å². The Morgan fingerprint density at radius 1 is 1.11 bits per heavy atom. The van der Waals surface area contributed by atoms with Gasteiger partial charge in [-0.2, -0.15) is 0 Å². The van der Waals surface area contributed by atoms with Gasteiger partial charge in [-0.05, 0) is 36.2 Å². The minimum atomic E-state index is -0.210. The number of nitrogens with one attached hydrogen (secondary N) is 2. The molecule has 18 heavy (non-hydrogen) atoms. The lowest BCUT2D eigenvalue weighted by Gasteiger charge is -2.06. The van der Waals surface area contributed by atoms with E-state index in [1.165, 1.54) is 12.1 Å². The molecule has 4 N–H and O–H groups in total. The maximum Gasteiger partial charge on any atom is 0.126 e. The zero-order valence-electron chi connectivity index (χ0n) is 9.86. The Morgan fingerprint density at radius 3 is 2.50 bits per heavy atom. The lowest BCUT2D eigenvalue weighted by Crippen LogP contribution is -2.09. The van der Waals surface area contributed by atoms with Gasteiger partial charge in [0.15, 0.2) is 0 Å². The highest BCUT2D eigenvalue weighted by molar-refractivity contribution is 5.46. The van der Waals surface area contributed by atoms with Crippen LogP contribution in [-0.2, 0) is 6.42 Å². The minimum Gasteiger partial charge on any atom is -0.370 e. The number of hydrogen-bond acceptors (Lipinski definition) is 4. The van der Waals surface area contributed by atoms with E-state index >= 15 is 0 Å². The molecule has 0 saturated carbocycles. The molecular weight excluding hydrogens is 231 g/mol. The van der Waals surface area contributed by atoms with E-state index in [-0.39, 0.29) is 5.82 Å². The van der Waals surface area contributed by atoms with Crippen LogP contribution in [0.4, 0.5) is 15.9 Å². The van der Waals surface area contributed by atoms with Crippen molar-refractivity contribution in [2.24, 2.45) is 5.84 Å². The second-order valence-electron chi connectivity index (χ2n) is 3.88. The molecule has 0 spiro atoms. The summed E-state index contributed by atoms with van der Waals surface area (Å²) in [7, 11) is 0. The molecule has 0 aliphatic heterocycles. The van der Waals surface area contributed by atoms with Gasteiger partial charge in [0.25, 0.3) is 0 Å². The van der Waals surface area contributed by atoms with E-state index < -0.39 is 0 Å². The van der Waals surface area contributed by atoms with Crippen molar-refractivity contribution in [1.82, 2.24) is 4.98 Å². The molecular formula is C13H15FN4. The fraction of sp³-hybridized carbons (Fsp3) is 0.154. The highest BCUT2D eigenvalue weighted by atomic mass is 19.1. The van der Waals surface area contributed by atoms with Crippen molar-refractivity contribution in [1.29, 1.82) is 0 Å². The van der Waals surface area contributed by atoms with Gasteiger partial charge in [0.1, 0.15) is 11.6 Å². The molecule has 94 valence electrons. The van der Waals surface area contributed by atoms with Gasteiger partial charge in [0.2, 0.25) is 0 Å². The maximum absolute atomic E-state index is 12.7. The van der Waals surface area contributed by atoms with E-state index in [4.69, 9.17) is 5.84 Å². The molecule has 1 aromatic heterocycles. The topological polar surface area (TPSA) is 63.0 Å². The van der Waals surface area contributed by atoms with Crippen molar-refractivity contribution in [3.63, 3.8) is 0 Å². The Morgan fingerprint density at radius 2 is 1.89 bits per heavy atom. The van der Waals surface area contributed by atoms with E-state index in [0.29, 0.717) is 0 Å². The van der Waals surface area contributed by atoms with Gasteiger partial charge in [-0.25, -0.2) is 9.37 Å². The zero-order valence-corrected chi connectivity index (χ0v) is 9.86. The number of aromatic nitrogens is 1. The fourth-order valence-electron chi connectivity index (χ4n) is 1.57. The van der Waals surface area contributed by atoms with Crippen LogP contribution >= 0.6 is 0 Å². The van der Waals surface area contributed by atoms with Gasteiger partial charge < -0.3 is 10.7 Å². The smallest absolute Gasteiger partial charge is 0.126 e. The summed E-state index contributed by atoms with van der Waals surface area (Å²) in [5.74, 6) is 5.83. The third-order valence-electron chi connectivity index (χ3n) is 2.56. The van der Waals surface area contributed by atoms with Crippen LogP contribution in [0.2, 0.25) is 0 Å². The number of halogens is 1. The first-order valence-electron chi connectivity index (χ1n) is 5.69. The lowest BCUT2D eigenvalue weighted by atomic mass is 10.1. The van der Waals surface area contributed by atoms with Gasteiger partial charge in [0.05, 0.1) is 11.9 Å². The quantitative estimate of drug-likeness (QED) is 0.559. The van der Waals surface area contributed by atoms with Crippen LogP contribution in [0, 0.1) is 5.82 Å². The second-order valence-corrected chi connectivity index (χ2v) is 3.88. The van der Waals surface area contributed by atoms with E-state index in [2.05, 4.69) is 15.7 Å². The van der Waals surface area contributed by atoms with E-state index in [1.54, 1.807) is 18.3 Å². The van der Waals surface area contributed by atoms with Gasteiger partial charge >= 0.3 is 0 Å². The normalized spacial score (nSPS) is 10.1. The number of hydrogen-bond donors (Lipinski definition) is 3. The van der Waals surface area contributed by atoms with Gasteiger partial charge in [-0.15, -0.1) is 0 Å². The molecule has 0 fully saturated rings. The second kappa shape index (κ2) is 5.97. The summed E-state index contributed by atoms with van der Waals surface area (Å²) in [5, 5.41) is 3.19. The van der Waals surface area contributed by atoms with E-state index in [9.17, 15) is 4.39 Å². The first-order chi connectivity index (χ1) is 8.78. The molecule has 1 aromatic carbocycles. The molecule has 2 aromatic rings. The summed E-state index contributed by atoms with van der Waals surface area (Å²) < 4.78 is 12.7. The molecule has 0 saturated heterocycles. The summed E-state index contributed by atoms with van der Waals surface area (Å²) in [5.41, 5.74) is 4.37. The number of benzene rings is 1. The average molecular weight is 246 g/mol. The predicted molar refractivity (Wildman–Crippen MR) is 70.6 cm³/mol. The van der Waals surface area contributed by atoms with Crippen LogP contribution in [-0.4, -0.2) is 11.5 Å². The molecule has 0 bridgehead atoms. The molecule has 2 rings (SSSR count). The molecule has 0 radical (unpaired) electrons. The molecule has 0 atom stereocenters. The summed E-state index contributed by atoms with van der Waals surface area (Å²) in [6, 6.07) is 10.2. The number of hydrazine groups is 1. The number of pyridine rings is 1. The van der Waals surface area contributed by atoms with Gasteiger partial charge in [-0.3, -0.25) is 5.84 Å². The number of nitrogen functional groups attached to an aromatic ring is 1. The Kier molecular flexibility index (Phi) is 4.09. The van der Waals surface area contributed by atoms with Crippen molar-refractivity contribution >= 4 is 11.5 Å². The third kappa shape index (κ3) is 3.43. The van der Waals surface area contributed by atoms with E-state index in [0.717, 1.165) is 30.0 Å². The highest BCUT2D eigenvalue weighted by Crippen LogP contribution is 2.08. The number of nitrogens with zero attached hydrogens (tertiary/aromatic N) is 1. The molecule has 1 heterocycles. The Balaban J connectivity index is 1.82. The monoisotopic (exact) mass is 246 g/mol. The molecule has 5 heteroatoms. The maximum atomic E-state index is 12.7. The summed E-state index contributed by atoms with van der Waals surface area (Å²) in [6.07, 6.45) is 2.47. The van der Waals surface area contributed by atoms with Gasteiger partial charge in [-0.1, -0.05) is 12.1 Å². The number of nitrogens with two attached hydrogens (primary N) is 1. The molecule has 0 unspecified atom stereocenters. The Labute approximate surface area is 105 Å². The number of rotatable bonds is 5. The van der Waals surface area contributed by atoms with Crippen molar-refractivity contribution in [2.75, 3.05) is 17.3 Å². The summed E-state index contributed by atoms with van der Waals surface area (Å²) >= 11 is 0. The molecule has 0 aliphatic rings. The van der Waals surface area contributed by atoms with Crippen LogP contribution in [0.25, 0.3) is 0 Å². The average Bonchev–Trinajstić information content (AvgIpc) is 2.42. The van der Waals surface area contributed by atoms with Crippen LogP contribution < -0.4 is 16.6 Å². The van der Waals surface area contributed by atoms with Crippen molar-refractivity contribution in [2.45, 2.75) is 6.42 Å². The SMILES string of the molecule is NNc1ccc(NCCc2ccc(F)cc2)nc1. The van der Waals surface area contributed by atoms with Crippen molar-refractivity contribution in [3.8, 4) is 0 Å². The largest absolute Gasteiger partial charge is 0.370 e. The van der Waals surface area contributed by atoms with Crippen molar-refractivity contribution < 1.29 is 4.39 Å². The first kappa shape index (κ1) is 12.3.